The lowest BCUT2D eigenvalue weighted by Crippen LogP contribution is -2.23. The molecule has 1 aliphatic rings. The average Bonchev–Trinajstić information content (AvgIpc) is 2.91. The summed E-state index contributed by atoms with van der Waals surface area (Å²) >= 11 is 0. The van der Waals surface area contributed by atoms with E-state index in [-0.39, 0.29) is 24.4 Å². The summed E-state index contributed by atoms with van der Waals surface area (Å²) in [5.74, 6) is 0.786. The van der Waals surface area contributed by atoms with E-state index in [2.05, 4.69) is 10.6 Å². The third kappa shape index (κ3) is 5.94. The number of halogens is 1. The van der Waals surface area contributed by atoms with Crippen LogP contribution in [0.1, 0.15) is 39.5 Å². The van der Waals surface area contributed by atoms with Crippen molar-refractivity contribution in [3.05, 3.63) is 24.3 Å². The average molecular weight is 313 g/mol. The molecular formula is C16H25ClN2O2. The van der Waals surface area contributed by atoms with Crippen LogP contribution < -0.4 is 15.4 Å². The Kier molecular flexibility index (Phi) is 7.54. The lowest BCUT2D eigenvalue weighted by molar-refractivity contribution is -0.116. The van der Waals surface area contributed by atoms with Crippen LogP contribution in [-0.4, -0.2) is 24.6 Å². The molecule has 1 atom stereocenters. The molecule has 2 N–H and O–H groups in total. The first kappa shape index (κ1) is 17.8. The van der Waals surface area contributed by atoms with Crippen molar-refractivity contribution in [1.29, 1.82) is 0 Å². The van der Waals surface area contributed by atoms with Crippen LogP contribution in [0.15, 0.2) is 24.3 Å². The number of hydrogen-bond donors (Lipinski definition) is 2. The summed E-state index contributed by atoms with van der Waals surface area (Å²) in [4.78, 5) is 12.0. The predicted octanol–water partition coefficient (Wildman–Crippen LogP) is 3.37. The van der Waals surface area contributed by atoms with E-state index >= 15 is 0 Å². The van der Waals surface area contributed by atoms with Gasteiger partial charge in [-0.3, -0.25) is 4.79 Å². The number of carbonyl (C=O) groups is 1. The van der Waals surface area contributed by atoms with Crippen molar-refractivity contribution >= 4 is 24.0 Å². The molecule has 0 bridgehead atoms. The molecule has 2 rings (SSSR count). The fraction of sp³-hybridized carbons (Fsp3) is 0.562. The van der Waals surface area contributed by atoms with Gasteiger partial charge < -0.3 is 15.4 Å². The van der Waals surface area contributed by atoms with Crippen LogP contribution in [0, 0.1) is 0 Å². The van der Waals surface area contributed by atoms with Gasteiger partial charge in [0, 0.05) is 12.5 Å². The van der Waals surface area contributed by atoms with Gasteiger partial charge in [-0.15, -0.1) is 12.4 Å². The second-order valence-corrected chi connectivity index (χ2v) is 5.54. The van der Waals surface area contributed by atoms with E-state index in [1.165, 1.54) is 12.8 Å². The Morgan fingerprint density at radius 1 is 1.43 bits per heavy atom. The molecule has 1 saturated heterocycles. The van der Waals surface area contributed by atoms with Crippen LogP contribution >= 0.6 is 12.4 Å². The zero-order valence-corrected chi connectivity index (χ0v) is 13.5. The van der Waals surface area contributed by atoms with Crippen LogP contribution in [0.2, 0.25) is 0 Å². The topological polar surface area (TPSA) is 50.4 Å². The summed E-state index contributed by atoms with van der Waals surface area (Å²) < 4.78 is 5.70. The van der Waals surface area contributed by atoms with Crippen molar-refractivity contribution in [2.45, 2.75) is 51.7 Å². The van der Waals surface area contributed by atoms with Crippen LogP contribution in [0.5, 0.6) is 5.75 Å². The summed E-state index contributed by atoms with van der Waals surface area (Å²) in [7, 11) is 0. The Bertz CT molecular complexity index is 446. The quantitative estimate of drug-likeness (QED) is 0.847. The minimum Gasteiger partial charge on any atom is -0.489 e. The molecular weight excluding hydrogens is 288 g/mol. The van der Waals surface area contributed by atoms with Crippen LogP contribution in [-0.2, 0) is 4.79 Å². The first-order valence-electron chi connectivity index (χ1n) is 7.44. The number of nitrogens with one attached hydrogen (secondary N) is 2. The van der Waals surface area contributed by atoms with Gasteiger partial charge in [-0.2, -0.15) is 0 Å². The molecule has 4 nitrogen and oxygen atoms in total. The lowest BCUT2D eigenvalue weighted by Gasteiger charge is -2.15. The second kappa shape index (κ2) is 8.90. The van der Waals surface area contributed by atoms with Gasteiger partial charge in [0.1, 0.15) is 5.75 Å². The molecule has 0 radical (unpaired) electrons. The number of ether oxygens (including phenoxy) is 1. The van der Waals surface area contributed by atoms with Gasteiger partial charge in [-0.25, -0.2) is 0 Å². The highest BCUT2D eigenvalue weighted by Crippen LogP contribution is 2.25. The van der Waals surface area contributed by atoms with Gasteiger partial charge in [0.05, 0.1) is 11.8 Å². The molecule has 1 unspecified atom stereocenters. The predicted molar refractivity (Wildman–Crippen MR) is 88.3 cm³/mol. The number of carbonyl (C=O) groups excluding carboxylic acids is 1. The molecule has 1 heterocycles. The van der Waals surface area contributed by atoms with E-state index in [1.807, 2.05) is 38.1 Å². The lowest BCUT2D eigenvalue weighted by atomic mass is 10.1. The number of para-hydroxylation sites is 2. The fourth-order valence-corrected chi connectivity index (χ4v) is 2.45. The third-order valence-corrected chi connectivity index (χ3v) is 3.41. The number of amides is 1. The Labute approximate surface area is 133 Å². The highest BCUT2D eigenvalue weighted by molar-refractivity contribution is 5.92. The largest absolute Gasteiger partial charge is 0.489 e. The van der Waals surface area contributed by atoms with Gasteiger partial charge in [-0.1, -0.05) is 12.1 Å². The first-order valence-corrected chi connectivity index (χ1v) is 7.44. The molecule has 1 aliphatic heterocycles. The molecule has 1 aromatic rings. The summed E-state index contributed by atoms with van der Waals surface area (Å²) in [5, 5.41) is 6.36. The molecule has 0 aliphatic carbocycles. The number of anilines is 1. The number of rotatable bonds is 6. The summed E-state index contributed by atoms with van der Waals surface area (Å²) in [6, 6.07) is 8.08. The monoisotopic (exact) mass is 312 g/mol. The highest BCUT2D eigenvalue weighted by atomic mass is 35.5. The Hall–Kier alpha value is -1.26. The molecule has 1 fully saturated rings. The molecule has 1 amide bonds. The maximum absolute atomic E-state index is 12.0. The molecule has 118 valence electrons. The van der Waals surface area contributed by atoms with E-state index in [9.17, 15) is 4.79 Å². The van der Waals surface area contributed by atoms with Gasteiger partial charge >= 0.3 is 0 Å². The minimum absolute atomic E-state index is 0. The Balaban J connectivity index is 0.00000220. The standard InChI is InChI=1S/C16H24N2O2.ClH/c1-12(2)20-15-8-4-3-7-14(15)18-16(19)10-9-13-6-5-11-17-13;/h3-4,7-8,12-13,17H,5-6,9-11H2,1-2H3,(H,18,19);1H. The molecule has 1 aromatic carbocycles. The van der Waals surface area contributed by atoms with E-state index in [1.54, 1.807) is 0 Å². The van der Waals surface area contributed by atoms with Crippen molar-refractivity contribution in [3.8, 4) is 5.75 Å². The normalized spacial score (nSPS) is 17.4. The fourth-order valence-electron chi connectivity index (χ4n) is 2.45. The zero-order valence-electron chi connectivity index (χ0n) is 12.7. The van der Waals surface area contributed by atoms with Crippen molar-refractivity contribution in [3.63, 3.8) is 0 Å². The van der Waals surface area contributed by atoms with E-state index in [0.717, 1.165) is 24.4 Å². The van der Waals surface area contributed by atoms with Crippen LogP contribution in [0.3, 0.4) is 0 Å². The zero-order chi connectivity index (χ0) is 14.4. The first-order chi connectivity index (χ1) is 9.65. The molecule has 0 aromatic heterocycles. The van der Waals surface area contributed by atoms with Gasteiger partial charge in [0.15, 0.2) is 0 Å². The maximum atomic E-state index is 12.0. The molecule has 5 heteroatoms. The van der Waals surface area contributed by atoms with E-state index in [0.29, 0.717) is 12.5 Å². The Morgan fingerprint density at radius 2 is 2.19 bits per heavy atom. The summed E-state index contributed by atoms with van der Waals surface area (Å²) in [6.07, 6.45) is 3.94. The van der Waals surface area contributed by atoms with Gasteiger partial charge in [-0.05, 0) is 51.8 Å². The van der Waals surface area contributed by atoms with Crippen molar-refractivity contribution < 1.29 is 9.53 Å². The van der Waals surface area contributed by atoms with Crippen LogP contribution in [0.25, 0.3) is 0 Å². The minimum atomic E-state index is 0. The van der Waals surface area contributed by atoms with Crippen molar-refractivity contribution in [1.82, 2.24) is 5.32 Å². The molecule has 0 spiro atoms. The summed E-state index contributed by atoms with van der Waals surface area (Å²) in [6.45, 7) is 5.03. The van der Waals surface area contributed by atoms with Gasteiger partial charge in [0.25, 0.3) is 0 Å². The smallest absolute Gasteiger partial charge is 0.224 e. The highest BCUT2D eigenvalue weighted by Gasteiger charge is 2.16. The van der Waals surface area contributed by atoms with E-state index in [4.69, 9.17) is 4.74 Å². The third-order valence-electron chi connectivity index (χ3n) is 3.41. The Morgan fingerprint density at radius 3 is 2.86 bits per heavy atom. The second-order valence-electron chi connectivity index (χ2n) is 5.54. The molecule has 21 heavy (non-hydrogen) atoms. The maximum Gasteiger partial charge on any atom is 0.224 e. The summed E-state index contributed by atoms with van der Waals surface area (Å²) in [5.41, 5.74) is 0.755. The number of benzene rings is 1. The van der Waals surface area contributed by atoms with Crippen molar-refractivity contribution in [2.75, 3.05) is 11.9 Å². The molecule has 0 saturated carbocycles. The van der Waals surface area contributed by atoms with Crippen LogP contribution in [0.4, 0.5) is 5.69 Å². The number of hydrogen-bond acceptors (Lipinski definition) is 3. The van der Waals surface area contributed by atoms with E-state index < -0.39 is 0 Å². The SMILES string of the molecule is CC(C)Oc1ccccc1NC(=O)CCC1CCCN1.Cl. The van der Waals surface area contributed by atoms with Gasteiger partial charge in [0.2, 0.25) is 5.91 Å². The van der Waals surface area contributed by atoms with Crippen molar-refractivity contribution in [2.24, 2.45) is 0 Å².